The fourth-order valence-electron chi connectivity index (χ4n) is 1.78. The first kappa shape index (κ1) is 9.89. The van der Waals surface area contributed by atoms with Crippen molar-refractivity contribution in [2.45, 2.75) is 13.3 Å². The highest BCUT2D eigenvalue weighted by atomic mass is 16.4. The Bertz CT molecular complexity index is 381. The number of aliphatic carboxylic acids is 1. The molecule has 2 heterocycles. The van der Waals surface area contributed by atoms with E-state index in [1.54, 1.807) is 0 Å². The molecular formula is C10H13N3O2. The van der Waals surface area contributed by atoms with Gasteiger partial charge in [0.1, 0.15) is 12.1 Å². The van der Waals surface area contributed by atoms with Gasteiger partial charge in [-0.15, -0.1) is 0 Å². The Hall–Kier alpha value is -1.65. The number of carboxylic acids is 1. The normalized spacial score (nSPS) is 20.6. The van der Waals surface area contributed by atoms with Gasteiger partial charge >= 0.3 is 5.97 Å². The molecule has 1 atom stereocenters. The monoisotopic (exact) mass is 207 g/mol. The van der Waals surface area contributed by atoms with Gasteiger partial charge in [-0.25, -0.2) is 9.97 Å². The molecule has 0 spiro atoms. The van der Waals surface area contributed by atoms with Gasteiger partial charge in [-0.3, -0.25) is 4.79 Å². The molecule has 1 aliphatic rings. The summed E-state index contributed by atoms with van der Waals surface area (Å²) in [4.78, 5) is 20.9. The van der Waals surface area contributed by atoms with Crippen LogP contribution in [0.3, 0.4) is 0 Å². The molecule has 0 radical (unpaired) electrons. The van der Waals surface area contributed by atoms with Gasteiger partial charge in [0.05, 0.1) is 5.92 Å². The SMILES string of the molecule is Cc1cc(N2CC[C@@H](C(=O)O)C2)ncn1. The largest absolute Gasteiger partial charge is 0.481 e. The molecule has 5 heteroatoms. The van der Waals surface area contributed by atoms with Crippen LogP contribution in [0.4, 0.5) is 5.82 Å². The number of rotatable bonds is 2. The van der Waals surface area contributed by atoms with Crippen LogP contribution in [0.25, 0.3) is 0 Å². The van der Waals surface area contributed by atoms with Crippen molar-refractivity contribution in [2.24, 2.45) is 5.92 Å². The second-order valence-electron chi connectivity index (χ2n) is 3.79. The first-order chi connectivity index (χ1) is 7.16. The molecule has 5 nitrogen and oxygen atoms in total. The maximum atomic E-state index is 10.8. The summed E-state index contributed by atoms with van der Waals surface area (Å²) in [6.45, 7) is 3.20. The van der Waals surface area contributed by atoms with E-state index in [1.807, 2.05) is 17.9 Å². The van der Waals surface area contributed by atoms with E-state index in [1.165, 1.54) is 6.33 Å². The quantitative estimate of drug-likeness (QED) is 0.773. The predicted octanol–water partition coefficient (Wildman–Crippen LogP) is 0.696. The third-order valence-corrected chi connectivity index (χ3v) is 2.65. The first-order valence-corrected chi connectivity index (χ1v) is 4.93. The van der Waals surface area contributed by atoms with E-state index in [0.29, 0.717) is 13.0 Å². The molecule has 0 amide bonds. The van der Waals surface area contributed by atoms with E-state index in [9.17, 15) is 4.79 Å². The molecule has 0 unspecified atom stereocenters. The highest BCUT2D eigenvalue weighted by molar-refractivity contribution is 5.71. The zero-order chi connectivity index (χ0) is 10.8. The molecule has 0 aromatic carbocycles. The lowest BCUT2D eigenvalue weighted by Crippen LogP contribution is -2.23. The van der Waals surface area contributed by atoms with Crippen molar-refractivity contribution >= 4 is 11.8 Å². The Morgan fingerprint density at radius 2 is 2.40 bits per heavy atom. The molecule has 15 heavy (non-hydrogen) atoms. The molecule has 1 aromatic rings. The number of aromatic nitrogens is 2. The van der Waals surface area contributed by atoms with E-state index in [-0.39, 0.29) is 5.92 Å². The smallest absolute Gasteiger partial charge is 0.308 e. The number of anilines is 1. The number of carboxylic acid groups (broad SMARTS) is 1. The fraction of sp³-hybridized carbons (Fsp3) is 0.500. The van der Waals surface area contributed by atoms with Crippen molar-refractivity contribution in [1.29, 1.82) is 0 Å². The minimum absolute atomic E-state index is 0.264. The zero-order valence-electron chi connectivity index (χ0n) is 8.55. The summed E-state index contributed by atoms with van der Waals surface area (Å²) in [5.41, 5.74) is 0.902. The Morgan fingerprint density at radius 3 is 3.00 bits per heavy atom. The van der Waals surface area contributed by atoms with Gasteiger partial charge in [-0.2, -0.15) is 0 Å². The van der Waals surface area contributed by atoms with Gasteiger partial charge < -0.3 is 10.0 Å². The molecule has 0 bridgehead atoms. The third-order valence-electron chi connectivity index (χ3n) is 2.65. The summed E-state index contributed by atoms with van der Waals surface area (Å²) >= 11 is 0. The minimum Gasteiger partial charge on any atom is -0.481 e. The van der Waals surface area contributed by atoms with Crippen LogP contribution in [0.5, 0.6) is 0 Å². The van der Waals surface area contributed by atoms with Crippen molar-refractivity contribution in [3.8, 4) is 0 Å². The van der Waals surface area contributed by atoms with Gasteiger partial charge in [0.2, 0.25) is 0 Å². The van der Waals surface area contributed by atoms with Gasteiger partial charge in [-0.05, 0) is 13.3 Å². The van der Waals surface area contributed by atoms with Crippen LogP contribution in [-0.4, -0.2) is 34.1 Å². The van der Waals surface area contributed by atoms with Crippen molar-refractivity contribution in [3.05, 3.63) is 18.1 Å². The maximum absolute atomic E-state index is 10.8. The Labute approximate surface area is 87.8 Å². The molecule has 0 aliphatic carbocycles. The topological polar surface area (TPSA) is 66.3 Å². The lowest BCUT2D eigenvalue weighted by molar-refractivity contribution is -0.140. The Kier molecular flexibility index (Phi) is 2.53. The van der Waals surface area contributed by atoms with Crippen LogP contribution >= 0.6 is 0 Å². The summed E-state index contributed by atoms with van der Waals surface area (Å²) in [6.07, 6.45) is 2.21. The Balaban J connectivity index is 2.11. The van der Waals surface area contributed by atoms with E-state index in [2.05, 4.69) is 9.97 Å². The highest BCUT2D eigenvalue weighted by Gasteiger charge is 2.28. The average molecular weight is 207 g/mol. The van der Waals surface area contributed by atoms with E-state index in [0.717, 1.165) is 18.1 Å². The molecular weight excluding hydrogens is 194 g/mol. The lowest BCUT2D eigenvalue weighted by atomic mass is 10.1. The van der Waals surface area contributed by atoms with Crippen LogP contribution < -0.4 is 4.90 Å². The van der Waals surface area contributed by atoms with Crippen LogP contribution in [0.15, 0.2) is 12.4 Å². The molecule has 80 valence electrons. The molecule has 1 aromatic heterocycles. The first-order valence-electron chi connectivity index (χ1n) is 4.93. The highest BCUT2D eigenvalue weighted by Crippen LogP contribution is 2.21. The van der Waals surface area contributed by atoms with Gasteiger partial charge in [0.25, 0.3) is 0 Å². The minimum atomic E-state index is -0.719. The summed E-state index contributed by atoms with van der Waals surface area (Å²) in [7, 11) is 0. The van der Waals surface area contributed by atoms with Crippen molar-refractivity contribution in [2.75, 3.05) is 18.0 Å². The molecule has 1 saturated heterocycles. The number of carbonyl (C=O) groups is 1. The van der Waals surface area contributed by atoms with Crippen molar-refractivity contribution < 1.29 is 9.90 Å². The van der Waals surface area contributed by atoms with Crippen LogP contribution in [-0.2, 0) is 4.79 Å². The molecule has 2 rings (SSSR count). The Morgan fingerprint density at radius 1 is 1.60 bits per heavy atom. The van der Waals surface area contributed by atoms with Gasteiger partial charge in [0.15, 0.2) is 0 Å². The second-order valence-corrected chi connectivity index (χ2v) is 3.79. The second kappa shape index (κ2) is 3.84. The number of nitrogens with zero attached hydrogens (tertiary/aromatic N) is 3. The molecule has 1 N–H and O–H groups in total. The zero-order valence-corrected chi connectivity index (χ0v) is 8.55. The summed E-state index contributed by atoms with van der Waals surface area (Å²) in [5, 5.41) is 8.87. The van der Waals surface area contributed by atoms with Crippen LogP contribution in [0, 0.1) is 12.8 Å². The third kappa shape index (κ3) is 2.06. The average Bonchev–Trinajstić information content (AvgIpc) is 2.66. The molecule has 1 fully saturated rings. The van der Waals surface area contributed by atoms with E-state index < -0.39 is 5.97 Å². The predicted molar refractivity (Wildman–Crippen MR) is 54.7 cm³/mol. The number of hydrogen-bond donors (Lipinski definition) is 1. The maximum Gasteiger partial charge on any atom is 0.308 e. The number of hydrogen-bond acceptors (Lipinski definition) is 4. The lowest BCUT2D eigenvalue weighted by Gasteiger charge is -2.16. The molecule has 1 aliphatic heterocycles. The van der Waals surface area contributed by atoms with Gasteiger partial charge in [0, 0.05) is 24.8 Å². The molecule has 0 saturated carbocycles. The summed E-state index contributed by atoms with van der Waals surface area (Å²) < 4.78 is 0. The van der Waals surface area contributed by atoms with Crippen molar-refractivity contribution in [3.63, 3.8) is 0 Å². The van der Waals surface area contributed by atoms with Crippen LogP contribution in [0.1, 0.15) is 12.1 Å². The van der Waals surface area contributed by atoms with E-state index in [4.69, 9.17) is 5.11 Å². The van der Waals surface area contributed by atoms with Gasteiger partial charge in [-0.1, -0.05) is 0 Å². The van der Waals surface area contributed by atoms with Crippen LogP contribution in [0.2, 0.25) is 0 Å². The van der Waals surface area contributed by atoms with Crippen molar-refractivity contribution in [1.82, 2.24) is 9.97 Å². The van der Waals surface area contributed by atoms with E-state index >= 15 is 0 Å². The number of aryl methyl sites for hydroxylation is 1. The summed E-state index contributed by atoms with van der Waals surface area (Å²) in [6, 6.07) is 1.88. The summed E-state index contributed by atoms with van der Waals surface area (Å²) in [5.74, 6) is -0.158. The fourth-order valence-corrected chi connectivity index (χ4v) is 1.78. The standard InChI is InChI=1S/C10H13N3O2/c1-7-4-9(12-6-11-7)13-3-2-8(5-13)10(14)15/h4,6,8H,2-3,5H2,1H3,(H,14,15)/t8-/m1/s1.